The van der Waals surface area contributed by atoms with Crippen molar-refractivity contribution in [3.05, 3.63) is 18.4 Å². The van der Waals surface area contributed by atoms with Crippen LogP contribution in [-0.2, 0) is 11.3 Å². The Kier molecular flexibility index (Phi) is 3.28. The summed E-state index contributed by atoms with van der Waals surface area (Å²) in [5.74, 6) is 0.444. The molecule has 66 valence electrons. The third-order valence-electron chi connectivity index (χ3n) is 1.33. The van der Waals surface area contributed by atoms with Crippen LogP contribution in [0, 0.1) is 0 Å². The molecule has 0 saturated heterocycles. The lowest BCUT2D eigenvalue weighted by atomic mass is 10.4. The molecule has 0 saturated carbocycles. The van der Waals surface area contributed by atoms with Crippen molar-refractivity contribution in [1.29, 1.82) is 0 Å². The number of rotatable bonds is 5. The molecule has 5 heteroatoms. The largest absolute Gasteiger partial charge is 0.447 e. The van der Waals surface area contributed by atoms with Gasteiger partial charge in [-0.1, -0.05) is 0 Å². The van der Waals surface area contributed by atoms with Crippen LogP contribution in [0.5, 0.6) is 0 Å². The van der Waals surface area contributed by atoms with Gasteiger partial charge in [-0.05, 0) is 0 Å². The highest BCUT2D eigenvalue weighted by molar-refractivity contribution is 5.73. The van der Waals surface area contributed by atoms with Crippen LogP contribution in [0.2, 0.25) is 0 Å². The van der Waals surface area contributed by atoms with E-state index in [0.29, 0.717) is 19.5 Å². The fraction of sp³-hybridized carbons (Fsp3) is 0.429. The van der Waals surface area contributed by atoms with E-state index in [1.54, 1.807) is 6.20 Å². The van der Waals surface area contributed by atoms with Gasteiger partial charge in [-0.25, -0.2) is 4.98 Å². The number of oxazole rings is 1. The van der Waals surface area contributed by atoms with Gasteiger partial charge in [-0.2, -0.15) is 0 Å². The maximum atomic E-state index is 10.3. The molecule has 3 N–H and O–H groups in total. The molecule has 12 heavy (non-hydrogen) atoms. The van der Waals surface area contributed by atoms with E-state index in [1.807, 2.05) is 0 Å². The minimum absolute atomic E-state index is 0.305. The minimum atomic E-state index is -0.305. The van der Waals surface area contributed by atoms with Gasteiger partial charge in [0.25, 0.3) is 0 Å². The maximum Gasteiger partial charge on any atom is 0.218 e. The zero-order valence-corrected chi connectivity index (χ0v) is 6.62. The van der Waals surface area contributed by atoms with Crippen LogP contribution in [0.1, 0.15) is 12.2 Å². The summed E-state index contributed by atoms with van der Waals surface area (Å²) < 4.78 is 4.95. The van der Waals surface area contributed by atoms with E-state index in [2.05, 4.69) is 10.3 Å². The Labute approximate surface area is 70.0 Å². The van der Waals surface area contributed by atoms with E-state index in [0.717, 1.165) is 5.76 Å². The maximum absolute atomic E-state index is 10.3. The second-order valence-electron chi connectivity index (χ2n) is 2.36. The van der Waals surface area contributed by atoms with Crippen LogP contribution in [0.4, 0.5) is 0 Å². The van der Waals surface area contributed by atoms with Crippen molar-refractivity contribution in [3.8, 4) is 0 Å². The van der Waals surface area contributed by atoms with E-state index in [1.165, 1.54) is 6.39 Å². The van der Waals surface area contributed by atoms with Crippen LogP contribution >= 0.6 is 0 Å². The topological polar surface area (TPSA) is 81.2 Å². The highest BCUT2D eigenvalue weighted by Gasteiger charge is 1.96. The van der Waals surface area contributed by atoms with Gasteiger partial charge in [-0.3, -0.25) is 4.79 Å². The highest BCUT2D eigenvalue weighted by atomic mass is 16.3. The van der Waals surface area contributed by atoms with Gasteiger partial charge in [0.1, 0.15) is 5.76 Å². The zero-order valence-electron chi connectivity index (χ0n) is 6.62. The molecule has 0 fully saturated rings. The third-order valence-corrected chi connectivity index (χ3v) is 1.33. The lowest BCUT2D eigenvalue weighted by Crippen LogP contribution is -2.21. The molecule has 0 bridgehead atoms. The molecule has 0 aliphatic heterocycles. The number of nitrogens with zero attached hydrogens (tertiary/aromatic N) is 1. The quantitative estimate of drug-likeness (QED) is 0.590. The number of primary amides is 1. The van der Waals surface area contributed by atoms with E-state index >= 15 is 0 Å². The first kappa shape index (κ1) is 8.73. The summed E-state index contributed by atoms with van der Waals surface area (Å²) in [6.07, 6.45) is 3.33. The third kappa shape index (κ3) is 3.16. The molecular weight excluding hydrogens is 158 g/mol. The molecule has 5 nitrogen and oxygen atoms in total. The smallest absolute Gasteiger partial charge is 0.218 e. The number of carbonyl (C=O) groups excluding carboxylic acids is 1. The van der Waals surface area contributed by atoms with Crippen molar-refractivity contribution in [1.82, 2.24) is 10.3 Å². The second-order valence-corrected chi connectivity index (χ2v) is 2.36. The first-order valence-electron chi connectivity index (χ1n) is 3.65. The second kappa shape index (κ2) is 4.50. The van der Waals surface area contributed by atoms with Crippen LogP contribution in [0.15, 0.2) is 17.0 Å². The van der Waals surface area contributed by atoms with Crippen LogP contribution < -0.4 is 11.1 Å². The van der Waals surface area contributed by atoms with Crippen molar-refractivity contribution in [3.63, 3.8) is 0 Å². The predicted molar refractivity (Wildman–Crippen MR) is 42.0 cm³/mol. The molecule has 0 spiro atoms. The first-order valence-corrected chi connectivity index (χ1v) is 3.65. The molecule has 0 aliphatic rings. The lowest BCUT2D eigenvalue weighted by molar-refractivity contribution is -0.117. The fourth-order valence-electron chi connectivity index (χ4n) is 0.753. The van der Waals surface area contributed by atoms with E-state index in [-0.39, 0.29) is 5.91 Å². The summed E-state index contributed by atoms with van der Waals surface area (Å²) in [4.78, 5) is 14.0. The van der Waals surface area contributed by atoms with E-state index < -0.39 is 0 Å². The molecule has 1 aromatic heterocycles. The Morgan fingerprint density at radius 1 is 1.75 bits per heavy atom. The van der Waals surface area contributed by atoms with Gasteiger partial charge in [-0.15, -0.1) is 0 Å². The number of hydrogen-bond donors (Lipinski definition) is 2. The van der Waals surface area contributed by atoms with Gasteiger partial charge in [0.2, 0.25) is 5.91 Å². The summed E-state index contributed by atoms with van der Waals surface area (Å²) in [7, 11) is 0. The average Bonchev–Trinajstić information content (AvgIpc) is 2.49. The van der Waals surface area contributed by atoms with E-state index in [4.69, 9.17) is 10.2 Å². The predicted octanol–water partition coefficient (Wildman–Crippen LogP) is -0.360. The van der Waals surface area contributed by atoms with Gasteiger partial charge >= 0.3 is 0 Å². The number of hydrogen-bond acceptors (Lipinski definition) is 4. The average molecular weight is 169 g/mol. The Bertz CT molecular complexity index is 233. The molecule has 1 aromatic rings. The fourth-order valence-corrected chi connectivity index (χ4v) is 0.753. The standard InChI is InChI=1S/C7H11N3O2/c8-7(11)1-2-9-3-6-4-10-5-12-6/h4-5,9H,1-3H2,(H2,8,11). The SMILES string of the molecule is NC(=O)CCNCc1cnco1. The molecule has 0 atom stereocenters. The molecule has 1 rings (SSSR count). The number of nitrogens with one attached hydrogen (secondary N) is 1. The van der Waals surface area contributed by atoms with Crippen molar-refractivity contribution < 1.29 is 9.21 Å². The summed E-state index contributed by atoms with van der Waals surface area (Å²) in [6, 6.07) is 0. The van der Waals surface area contributed by atoms with Gasteiger partial charge in [0, 0.05) is 13.0 Å². The monoisotopic (exact) mass is 169 g/mol. The minimum Gasteiger partial charge on any atom is -0.447 e. The number of aromatic nitrogens is 1. The van der Waals surface area contributed by atoms with Crippen molar-refractivity contribution in [2.45, 2.75) is 13.0 Å². The first-order chi connectivity index (χ1) is 5.79. The van der Waals surface area contributed by atoms with Crippen LogP contribution in [0.3, 0.4) is 0 Å². The molecule has 1 amide bonds. The summed E-state index contributed by atoms with van der Waals surface area (Å²) in [5, 5.41) is 2.98. The number of nitrogens with two attached hydrogens (primary N) is 1. The molecule has 0 aromatic carbocycles. The van der Waals surface area contributed by atoms with Crippen LogP contribution in [0.25, 0.3) is 0 Å². The lowest BCUT2D eigenvalue weighted by Gasteiger charge is -1.98. The highest BCUT2D eigenvalue weighted by Crippen LogP contribution is 1.94. The Morgan fingerprint density at radius 3 is 3.17 bits per heavy atom. The molecular formula is C7H11N3O2. The summed E-state index contributed by atoms with van der Waals surface area (Å²) in [6.45, 7) is 1.14. The molecule has 0 aliphatic carbocycles. The number of amides is 1. The Balaban J connectivity index is 2.07. The molecule has 0 radical (unpaired) electrons. The Morgan fingerprint density at radius 2 is 2.58 bits per heavy atom. The normalized spacial score (nSPS) is 10.0. The summed E-state index contributed by atoms with van der Waals surface area (Å²) >= 11 is 0. The zero-order chi connectivity index (χ0) is 8.81. The molecule has 0 unspecified atom stereocenters. The van der Waals surface area contributed by atoms with Crippen molar-refractivity contribution in [2.75, 3.05) is 6.54 Å². The van der Waals surface area contributed by atoms with Gasteiger partial charge in [0.05, 0.1) is 12.7 Å². The van der Waals surface area contributed by atoms with Crippen LogP contribution in [-0.4, -0.2) is 17.4 Å². The molecule has 1 heterocycles. The van der Waals surface area contributed by atoms with Gasteiger partial charge < -0.3 is 15.5 Å². The number of carbonyl (C=O) groups is 1. The van der Waals surface area contributed by atoms with Crippen molar-refractivity contribution in [2.24, 2.45) is 5.73 Å². The summed E-state index contributed by atoms with van der Waals surface area (Å²) in [5.41, 5.74) is 4.94. The van der Waals surface area contributed by atoms with Crippen molar-refractivity contribution >= 4 is 5.91 Å². The Hall–Kier alpha value is -1.36. The van der Waals surface area contributed by atoms with E-state index in [9.17, 15) is 4.79 Å². The van der Waals surface area contributed by atoms with Gasteiger partial charge in [0.15, 0.2) is 6.39 Å².